The minimum absolute atomic E-state index is 0.0858. The van der Waals surface area contributed by atoms with Gasteiger partial charge in [-0.1, -0.05) is 22.9 Å². The molecule has 0 bridgehead atoms. The Balaban J connectivity index is 1.55. The molecule has 1 aliphatic rings. The van der Waals surface area contributed by atoms with Gasteiger partial charge in [-0.25, -0.2) is 8.42 Å². The number of rotatable bonds is 5. The molecule has 2 aromatic rings. The van der Waals surface area contributed by atoms with Crippen molar-refractivity contribution in [2.24, 2.45) is 0 Å². The number of sulfonamides is 1. The molecule has 10 heteroatoms. The SMILES string of the molecule is Cc1cccc(C(=O)NCC(=O)N2CCN(S(=O)(=O)c3c(C)noc3C)CC2)c1. The van der Waals surface area contributed by atoms with Gasteiger partial charge in [-0.15, -0.1) is 0 Å². The largest absolute Gasteiger partial charge is 0.360 e. The summed E-state index contributed by atoms with van der Waals surface area (Å²) in [6, 6.07) is 7.10. The normalized spacial score (nSPS) is 15.3. The van der Waals surface area contributed by atoms with Crippen LogP contribution in [0.4, 0.5) is 0 Å². The third kappa shape index (κ3) is 4.48. The van der Waals surface area contributed by atoms with E-state index in [1.54, 1.807) is 36.9 Å². The van der Waals surface area contributed by atoms with Crippen LogP contribution in [0.3, 0.4) is 0 Å². The van der Waals surface area contributed by atoms with Gasteiger partial charge in [0.2, 0.25) is 15.9 Å². The summed E-state index contributed by atoms with van der Waals surface area (Å²) < 4.78 is 32.0. The number of benzene rings is 1. The van der Waals surface area contributed by atoms with Gasteiger partial charge >= 0.3 is 0 Å². The summed E-state index contributed by atoms with van der Waals surface area (Å²) in [5.41, 5.74) is 1.77. The number of hydrogen-bond acceptors (Lipinski definition) is 6. The molecular weight excluding hydrogens is 396 g/mol. The Kier molecular flexibility index (Phi) is 6.04. The van der Waals surface area contributed by atoms with E-state index in [0.29, 0.717) is 11.3 Å². The van der Waals surface area contributed by atoms with Crippen molar-refractivity contribution in [3.8, 4) is 0 Å². The molecule has 1 fully saturated rings. The van der Waals surface area contributed by atoms with Crippen molar-refractivity contribution in [1.82, 2.24) is 19.7 Å². The highest BCUT2D eigenvalue weighted by molar-refractivity contribution is 7.89. The smallest absolute Gasteiger partial charge is 0.251 e. The zero-order chi connectivity index (χ0) is 21.2. The maximum atomic E-state index is 12.8. The van der Waals surface area contributed by atoms with Crippen LogP contribution >= 0.6 is 0 Å². The van der Waals surface area contributed by atoms with Gasteiger partial charge in [-0.3, -0.25) is 9.59 Å². The molecule has 1 N–H and O–H groups in total. The summed E-state index contributed by atoms with van der Waals surface area (Å²) in [6.45, 7) is 5.74. The maximum Gasteiger partial charge on any atom is 0.251 e. The first-order valence-electron chi connectivity index (χ1n) is 9.26. The van der Waals surface area contributed by atoms with Gasteiger partial charge in [0.1, 0.15) is 10.6 Å². The number of aryl methyl sites for hydroxylation is 3. The Bertz CT molecular complexity index is 1000. The molecule has 9 nitrogen and oxygen atoms in total. The van der Waals surface area contributed by atoms with Gasteiger partial charge in [-0.2, -0.15) is 4.31 Å². The van der Waals surface area contributed by atoms with Crippen LogP contribution in [-0.2, 0) is 14.8 Å². The van der Waals surface area contributed by atoms with Crippen molar-refractivity contribution in [2.45, 2.75) is 25.7 Å². The molecule has 156 valence electrons. The standard InChI is InChI=1S/C19H24N4O5S/c1-13-5-4-6-16(11-13)19(25)20-12-17(24)22-7-9-23(10-8-22)29(26,27)18-14(2)21-28-15(18)3/h4-6,11H,7-10,12H2,1-3H3,(H,20,25). The third-order valence-electron chi connectivity index (χ3n) is 4.84. The minimum atomic E-state index is -3.73. The summed E-state index contributed by atoms with van der Waals surface area (Å²) >= 11 is 0. The van der Waals surface area contributed by atoms with Gasteiger partial charge in [-0.05, 0) is 32.9 Å². The average molecular weight is 420 g/mol. The molecule has 0 atom stereocenters. The van der Waals surface area contributed by atoms with Crippen LogP contribution in [0.15, 0.2) is 33.7 Å². The van der Waals surface area contributed by atoms with Crippen LogP contribution in [0.5, 0.6) is 0 Å². The molecule has 1 aliphatic heterocycles. The van der Waals surface area contributed by atoms with Crippen LogP contribution in [0, 0.1) is 20.8 Å². The molecule has 2 heterocycles. The van der Waals surface area contributed by atoms with E-state index in [2.05, 4.69) is 10.5 Å². The minimum Gasteiger partial charge on any atom is -0.360 e. The first-order chi connectivity index (χ1) is 13.7. The van der Waals surface area contributed by atoms with E-state index < -0.39 is 10.0 Å². The van der Waals surface area contributed by atoms with Crippen LogP contribution in [0.25, 0.3) is 0 Å². The molecule has 29 heavy (non-hydrogen) atoms. The third-order valence-corrected chi connectivity index (χ3v) is 6.98. The quantitative estimate of drug-likeness (QED) is 0.768. The Morgan fingerprint density at radius 1 is 1.14 bits per heavy atom. The lowest BCUT2D eigenvalue weighted by atomic mass is 10.1. The Morgan fingerprint density at radius 3 is 2.41 bits per heavy atom. The highest BCUT2D eigenvalue weighted by Crippen LogP contribution is 2.24. The zero-order valence-electron chi connectivity index (χ0n) is 16.6. The molecule has 1 saturated heterocycles. The van der Waals surface area contributed by atoms with Gasteiger partial charge in [0.25, 0.3) is 5.91 Å². The topological polar surface area (TPSA) is 113 Å². The van der Waals surface area contributed by atoms with Crippen molar-refractivity contribution >= 4 is 21.8 Å². The van der Waals surface area contributed by atoms with Crippen LogP contribution in [0.1, 0.15) is 27.4 Å². The van der Waals surface area contributed by atoms with Crippen molar-refractivity contribution in [3.05, 3.63) is 46.8 Å². The fraction of sp³-hybridized carbons (Fsp3) is 0.421. The molecule has 0 saturated carbocycles. The second-order valence-electron chi connectivity index (χ2n) is 6.99. The number of nitrogens with zero attached hydrogens (tertiary/aromatic N) is 3. The molecule has 0 spiro atoms. The predicted molar refractivity (Wildman–Crippen MR) is 105 cm³/mol. The summed E-state index contributed by atoms with van der Waals surface area (Å²) in [5.74, 6) is -0.318. The van der Waals surface area contributed by atoms with Crippen molar-refractivity contribution in [1.29, 1.82) is 0 Å². The molecule has 3 rings (SSSR count). The molecule has 0 unspecified atom stereocenters. The number of aromatic nitrogens is 1. The van der Waals surface area contributed by atoms with E-state index in [-0.39, 0.29) is 55.2 Å². The number of amides is 2. The molecular formula is C19H24N4O5S. The highest BCUT2D eigenvalue weighted by atomic mass is 32.2. The van der Waals surface area contributed by atoms with Crippen molar-refractivity contribution in [3.63, 3.8) is 0 Å². The number of nitrogens with one attached hydrogen (secondary N) is 1. The van der Waals surface area contributed by atoms with Gasteiger partial charge in [0, 0.05) is 31.7 Å². The predicted octanol–water partition coefficient (Wildman–Crippen LogP) is 0.863. The fourth-order valence-electron chi connectivity index (χ4n) is 3.31. The molecule has 1 aromatic heterocycles. The van der Waals surface area contributed by atoms with Gasteiger partial charge in [0.05, 0.1) is 6.54 Å². The van der Waals surface area contributed by atoms with Gasteiger partial charge in [0.15, 0.2) is 5.76 Å². The molecule has 1 aromatic carbocycles. The first-order valence-corrected chi connectivity index (χ1v) is 10.7. The Hall–Kier alpha value is -2.72. The van der Waals surface area contributed by atoms with E-state index in [0.717, 1.165) is 5.56 Å². The number of piperazine rings is 1. The molecule has 0 radical (unpaired) electrons. The second kappa shape index (κ2) is 8.34. The van der Waals surface area contributed by atoms with E-state index in [9.17, 15) is 18.0 Å². The monoisotopic (exact) mass is 420 g/mol. The van der Waals surface area contributed by atoms with Crippen LogP contribution in [0.2, 0.25) is 0 Å². The Labute approximate surface area is 169 Å². The van der Waals surface area contributed by atoms with Crippen LogP contribution < -0.4 is 5.32 Å². The second-order valence-corrected chi connectivity index (χ2v) is 8.87. The number of carbonyl (C=O) groups excluding carboxylic acids is 2. The van der Waals surface area contributed by atoms with Gasteiger partial charge < -0.3 is 14.7 Å². The van der Waals surface area contributed by atoms with E-state index in [4.69, 9.17) is 4.52 Å². The summed E-state index contributed by atoms with van der Waals surface area (Å²) in [5, 5.41) is 6.33. The van der Waals surface area contributed by atoms with Crippen molar-refractivity contribution < 1.29 is 22.5 Å². The molecule has 0 aliphatic carbocycles. The maximum absolute atomic E-state index is 12.8. The number of hydrogen-bond donors (Lipinski definition) is 1. The lowest BCUT2D eigenvalue weighted by Crippen LogP contribution is -2.52. The summed E-state index contributed by atoms with van der Waals surface area (Å²) in [4.78, 5) is 26.2. The number of carbonyl (C=O) groups is 2. The van der Waals surface area contributed by atoms with Crippen molar-refractivity contribution in [2.75, 3.05) is 32.7 Å². The zero-order valence-corrected chi connectivity index (χ0v) is 17.5. The average Bonchev–Trinajstić information content (AvgIpc) is 3.04. The lowest BCUT2D eigenvalue weighted by molar-refractivity contribution is -0.131. The first kappa shape index (κ1) is 21.0. The Morgan fingerprint density at radius 2 is 1.83 bits per heavy atom. The van der Waals surface area contributed by atoms with Crippen LogP contribution in [-0.4, -0.2) is 67.3 Å². The lowest BCUT2D eigenvalue weighted by Gasteiger charge is -2.34. The molecule has 2 amide bonds. The fourth-order valence-corrected chi connectivity index (χ4v) is 5.02. The summed E-state index contributed by atoms with van der Waals surface area (Å²) in [6.07, 6.45) is 0. The van der Waals surface area contributed by atoms with E-state index >= 15 is 0 Å². The highest BCUT2D eigenvalue weighted by Gasteiger charge is 2.34. The summed E-state index contributed by atoms with van der Waals surface area (Å²) in [7, 11) is -3.73. The van der Waals surface area contributed by atoms with E-state index in [1.165, 1.54) is 4.31 Å². The van der Waals surface area contributed by atoms with E-state index in [1.807, 2.05) is 13.0 Å².